The quantitative estimate of drug-likeness (QED) is 0.759. The van der Waals surface area contributed by atoms with Crippen LogP contribution in [0, 0.1) is 0 Å². The minimum Gasteiger partial charge on any atom is -0.443 e. The molecule has 0 saturated carbocycles. The Morgan fingerprint density at radius 2 is 2.27 bits per heavy atom. The molecule has 0 aromatic heterocycles. The minimum absolute atomic E-state index is 0.184. The summed E-state index contributed by atoms with van der Waals surface area (Å²) >= 11 is 0. The number of hydrogen-bond acceptors (Lipinski definition) is 3. The van der Waals surface area contributed by atoms with E-state index in [1.807, 2.05) is 27.7 Å². The Bertz CT molecular complexity index is 229. The smallest absolute Gasteiger partial charge is 0.410 e. The summed E-state index contributed by atoms with van der Waals surface area (Å²) in [7, 11) is 0. The molecule has 1 fully saturated rings. The molecule has 15 heavy (non-hydrogen) atoms. The van der Waals surface area contributed by atoms with Crippen molar-refractivity contribution in [3.8, 4) is 0 Å². The number of nitrogens with one attached hydrogen (secondary N) is 1. The van der Waals surface area contributed by atoms with Crippen LogP contribution in [0.4, 0.5) is 4.79 Å². The summed E-state index contributed by atoms with van der Waals surface area (Å²) in [5.41, 5.74) is -0.359. The number of hydrogen-bond donors (Lipinski definition) is 1. The molecular formula is C11H22N2O2. The Kier molecular flexibility index (Phi) is 3.97. The van der Waals surface area contributed by atoms with Crippen LogP contribution in [0.5, 0.6) is 0 Å². The third-order valence-corrected chi connectivity index (χ3v) is 2.95. The number of carbonyl (C=O) groups excluding carboxylic acids is 1. The van der Waals surface area contributed by atoms with Crippen molar-refractivity contribution in [2.75, 3.05) is 19.6 Å². The predicted octanol–water partition coefficient (Wildman–Crippen LogP) is 1.61. The molecule has 1 aliphatic rings. The molecule has 0 aromatic carbocycles. The van der Waals surface area contributed by atoms with Crippen molar-refractivity contribution in [3.05, 3.63) is 0 Å². The van der Waals surface area contributed by atoms with Crippen molar-refractivity contribution < 1.29 is 9.53 Å². The Morgan fingerprint density at radius 3 is 2.80 bits per heavy atom. The summed E-state index contributed by atoms with van der Waals surface area (Å²) in [6.07, 6.45) is 0.648. The summed E-state index contributed by atoms with van der Waals surface area (Å²) in [4.78, 5) is 13.7. The van der Waals surface area contributed by atoms with Gasteiger partial charge in [0, 0.05) is 25.7 Å². The van der Waals surface area contributed by atoms with Crippen LogP contribution < -0.4 is 5.32 Å². The third kappa shape index (κ3) is 3.38. The molecule has 1 saturated heterocycles. The van der Waals surface area contributed by atoms with E-state index in [1.165, 1.54) is 0 Å². The van der Waals surface area contributed by atoms with Gasteiger partial charge in [-0.1, -0.05) is 6.92 Å². The minimum atomic E-state index is -0.359. The van der Waals surface area contributed by atoms with E-state index >= 15 is 0 Å². The molecule has 1 amide bonds. The van der Waals surface area contributed by atoms with Crippen molar-refractivity contribution in [3.63, 3.8) is 0 Å². The summed E-state index contributed by atoms with van der Waals surface area (Å²) in [5, 5.41) is 3.25. The first kappa shape index (κ1) is 12.3. The molecule has 0 aliphatic carbocycles. The zero-order valence-corrected chi connectivity index (χ0v) is 10.2. The first-order chi connectivity index (χ1) is 6.96. The van der Waals surface area contributed by atoms with E-state index < -0.39 is 0 Å². The average molecular weight is 214 g/mol. The van der Waals surface area contributed by atoms with Gasteiger partial charge in [0.1, 0.15) is 5.60 Å². The molecule has 1 rings (SSSR count). The topological polar surface area (TPSA) is 41.6 Å². The van der Waals surface area contributed by atoms with Crippen LogP contribution in [0.15, 0.2) is 0 Å². The van der Waals surface area contributed by atoms with Gasteiger partial charge in [0.2, 0.25) is 0 Å². The van der Waals surface area contributed by atoms with Gasteiger partial charge >= 0.3 is 6.09 Å². The first-order valence-electron chi connectivity index (χ1n) is 5.66. The van der Waals surface area contributed by atoms with Crippen LogP contribution in [0.1, 0.15) is 34.1 Å². The molecule has 0 spiro atoms. The van der Waals surface area contributed by atoms with Gasteiger partial charge in [0.25, 0.3) is 0 Å². The molecule has 0 radical (unpaired) electrons. The van der Waals surface area contributed by atoms with E-state index in [4.69, 9.17) is 4.74 Å². The van der Waals surface area contributed by atoms with Gasteiger partial charge in [0.05, 0.1) is 0 Å². The second-order valence-electron chi connectivity index (χ2n) is 4.73. The van der Waals surface area contributed by atoms with Crippen LogP contribution in [-0.2, 0) is 4.74 Å². The zero-order valence-electron chi connectivity index (χ0n) is 10.2. The Morgan fingerprint density at radius 1 is 1.60 bits per heavy atom. The van der Waals surface area contributed by atoms with Crippen LogP contribution in [0.3, 0.4) is 0 Å². The molecule has 0 bridgehead atoms. The SMILES string of the molecule is CCC(C)(C)OC(=O)N1CCNC[C@@H]1C. The molecular weight excluding hydrogens is 192 g/mol. The Labute approximate surface area is 92.0 Å². The highest BCUT2D eigenvalue weighted by Crippen LogP contribution is 2.16. The number of carbonyl (C=O) groups is 1. The van der Waals surface area contributed by atoms with Crippen LogP contribution in [0.25, 0.3) is 0 Å². The number of piperazine rings is 1. The second-order valence-corrected chi connectivity index (χ2v) is 4.73. The number of ether oxygens (including phenoxy) is 1. The van der Waals surface area contributed by atoms with Crippen molar-refractivity contribution in [2.45, 2.75) is 45.8 Å². The van der Waals surface area contributed by atoms with E-state index in [-0.39, 0.29) is 17.7 Å². The summed E-state index contributed by atoms with van der Waals surface area (Å²) < 4.78 is 5.46. The maximum absolute atomic E-state index is 11.9. The van der Waals surface area contributed by atoms with Gasteiger partial charge in [-0.25, -0.2) is 4.79 Å². The summed E-state index contributed by atoms with van der Waals surface area (Å²) in [5.74, 6) is 0. The van der Waals surface area contributed by atoms with Gasteiger partial charge in [-0.15, -0.1) is 0 Å². The van der Waals surface area contributed by atoms with Crippen molar-refractivity contribution >= 4 is 6.09 Å². The summed E-state index contributed by atoms with van der Waals surface area (Å²) in [6, 6.07) is 0.221. The monoisotopic (exact) mass is 214 g/mol. The molecule has 1 heterocycles. The normalized spacial score (nSPS) is 22.7. The summed E-state index contributed by atoms with van der Waals surface area (Å²) in [6.45, 7) is 10.4. The highest BCUT2D eigenvalue weighted by molar-refractivity contribution is 5.68. The number of nitrogens with zero attached hydrogens (tertiary/aromatic N) is 1. The molecule has 1 N–H and O–H groups in total. The largest absolute Gasteiger partial charge is 0.443 e. The Balaban J connectivity index is 2.52. The van der Waals surface area contributed by atoms with Crippen molar-refractivity contribution in [2.24, 2.45) is 0 Å². The molecule has 4 heteroatoms. The molecule has 1 aliphatic heterocycles. The zero-order chi connectivity index (χ0) is 11.5. The maximum atomic E-state index is 11.9. The van der Waals surface area contributed by atoms with Gasteiger partial charge in [0.15, 0.2) is 0 Å². The lowest BCUT2D eigenvalue weighted by atomic mass is 10.1. The molecule has 0 aromatic rings. The molecule has 0 unspecified atom stereocenters. The second kappa shape index (κ2) is 4.84. The number of rotatable bonds is 2. The van der Waals surface area contributed by atoms with E-state index in [0.29, 0.717) is 0 Å². The molecule has 1 atom stereocenters. The highest BCUT2D eigenvalue weighted by Gasteiger charge is 2.28. The van der Waals surface area contributed by atoms with E-state index in [9.17, 15) is 4.79 Å². The highest BCUT2D eigenvalue weighted by atomic mass is 16.6. The Hall–Kier alpha value is -0.770. The van der Waals surface area contributed by atoms with Gasteiger partial charge in [-0.3, -0.25) is 0 Å². The van der Waals surface area contributed by atoms with Crippen molar-refractivity contribution in [1.82, 2.24) is 10.2 Å². The lowest BCUT2D eigenvalue weighted by Crippen LogP contribution is -2.53. The van der Waals surface area contributed by atoms with Crippen LogP contribution >= 0.6 is 0 Å². The van der Waals surface area contributed by atoms with Crippen LogP contribution in [0.2, 0.25) is 0 Å². The van der Waals surface area contributed by atoms with Gasteiger partial charge < -0.3 is 15.0 Å². The van der Waals surface area contributed by atoms with Crippen molar-refractivity contribution in [1.29, 1.82) is 0 Å². The first-order valence-corrected chi connectivity index (χ1v) is 5.66. The fourth-order valence-corrected chi connectivity index (χ4v) is 1.48. The van der Waals surface area contributed by atoms with E-state index in [0.717, 1.165) is 26.1 Å². The molecule has 4 nitrogen and oxygen atoms in total. The lowest BCUT2D eigenvalue weighted by molar-refractivity contribution is 0.00189. The van der Waals surface area contributed by atoms with Gasteiger partial charge in [-0.05, 0) is 27.2 Å². The maximum Gasteiger partial charge on any atom is 0.410 e. The van der Waals surface area contributed by atoms with Crippen LogP contribution in [-0.4, -0.2) is 42.3 Å². The standard InChI is InChI=1S/C11H22N2O2/c1-5-11(3,4)15-10(14)13-7-6-12-8-9(13)2/h9,12H,5-8H2,1-4H3/t9-/m0/s1. The molecule has 88 valence electrons. The fourth-order valence-electron chi connectivity index (χ4n) is 1.48. The lowest BCUT2D eigenvalue weighted by Gasteiger charge is -2.35. The predicted molar refractivity (Wildman–Crippen MR) is 59.9 cm³/mol. The van der Waals surface area contributed by atoms with E-state index in [1.54, 1.807) is 4.90 Å². The average Bonchev–Trinajstić information content (AvgIpc) is 2.17. The number of amides is 1. The van der Waals surface area contributed by atoms with Gasteiger partial charge in [-0.2, -0.15) is 0 Å². The van der Waals surface area contributed by atoms with E-state index in [2.05, 4.69) is 5.32 Å². The third-order valence-electron chi connectivity index (χ3n) is 2.95. The fraction of sp³-hybridized carbons (Fsp3) is 0.909.